The van der Waals surface area contributed by atoms with Gasteiger partial charge in [-0.2, -0.15) is 0 Å². The molecule has 0 unspecified atom stereocenters. The van der Waals surface area contributed by atoms with Crippen LogP contribution < -0.4 is 10.6 Å². The van der Waals surface area contributed by atoms with Crippen LogP contribution in [0.3, 0.4) is 0 Å². The molecule has 0 bridgehead atoms. The Kier molecular flexibility index (Phi) is 4.45. The molecule has 21 heavy (non-hydrogen) atoms. The van der Waals surface area contributed by atoms with E-state index in [1.165, 1.54) is 12.1 Å². The molecule has 0 atom stereocenters. The van der Waals surface area contributed by atoms with Crippen LogP contribution in [0.2, 0.25) is 0 Å². The average molecular weight is 291 g/mol. The van der Waals surface area contributed by atoms with Crippen molar-refractivity contribution >= 4 is 17.3 Å². The highest BCUT2D eigenvalue weighted by atomic mass is 16.6. The zero-order valence-corrected chi connectivity index (χ0v) is 12.4. The van der Waals surface area contributed by atoms with Crippen molar-refractivity contribution in [2.24, 2.45) is 5.41 Å². The Balaban J connectivity index is 2.12. The third kappa shape index (κ3) is 3.32. The lowest BCUT2D eigenvalue weighted by molar-refractivity contribution is -0.384. The normalized spacial score (nSPS) is 15.3. The van der Waals surface area contributed by atoms with Gasteiger partial charge in [0.25, 0.3) is 11.6 Å². The standard InChI is InChI=1S/C15H21N3O3/c1-3-7-15(8-9-15)10-17-14(19)11-5-4-6-12(18(20)21)13(11)16-2/h4-6,16H,3,7-10H2,1-2H3,(H,17,19). The van der Waals surface area contributed by atoms with Crippen LogP contribution in [0.25, 0.3) is 0 Å². The summed E-state index contributed by atoms with van der Waals surface area (Å²) < 4.78 is 0. The van der Waals surface area contributed by atoms with Crippen molar-refractivity contribution in [3.63, 3.8) is 0 Å². The summed E-state index contributed by atoms with van der Waals surface area (Å²) in [5.74, 6) is -0.259. The fourth-order valence-corrected chi connectivity index (χ4v) is 2.73. The number of nitro groups is 1. The number of amides is 1. The van der Waals surface area contributed by atoms with Gasteiger partial charge in [0.1, 0.15) is 5.69 Å². The summed E-state index contributed by atoms with van der Waals surface area (Å²) in [6, 6.07) is 4.53. The summed E-state index contributed by atoms with van der Waals surface area (Å²) in [4.78, 5) is 22.8. The van der Waals surface area contributed by atoms with Crippen molar-refractivity contribution in [2.75, 3.05) is 18.9 Å². The molecular weight excluding hydrogens is 270 g/mol. The van der Waals surface area contributed by atoms with Crippen LogP contribution in [-0.2, 0) is 0 Å². The minimum Gasteiger partial charge on any atom is -0.382 e. The Morgan fingerprint density at radius 3 is 2.67 bits per heavy atom. The van der Waals surface area contributed by atoms with Gasteiger partial charge in [-0.05, 0) is 30.7 Å². The number of nitro benzene ring substituents is 1. The molecular formula is C15H21N3O3. The van der Waals surface area contributed by atoms with E-state index in [0.717, 1.165) is 25.7 Å². The quantitative estimate of drug-likeness (QED) is 0.597. The molecule has 0 heterocycles. The van der Waals surface area contributed by atoms with Crippen LogP contribution in [-0.4, -0.2) is 24.4 Å². The molecule has 0 saturated heterocycles. The maximum absolute atomic E-state index is 12.3. The predicted molar refractivity (Wildman–Crippen MR) is 81.6 cm³/mol. The Hall–Kier alpha value is -2.11. The van der Waals surface area contributed by atoms with Crippen molar-refractivity contribution in [3.8, 4) is 0 Å². The van der Waals surface area contributed by atoms with Gasteiger partial charge in [-0.3, -0.25) is 14.9 Å². The Bertz CT molecular complexity index is 553. The van der Waals surface area contributed by atoms with Crippen molar-refractivity contribution < 1.29 is 9.72 Å². The first-order chi connectivity index (χ1) is 10.0. The number of hydrogen-bond acceptors (Lipinski definition) is 4. The monoisotopic (exact) mass is 291 g/mol. The first-order valence-corrected chi connectivity index (χ1v) is 7.26. The molecule has 6 heteroatoms. The van der Waals surface area contributed by atoms with Crippen LogP contribution in [0.15, 0.2) is 18.2 Å². The smallest absolute Gasteiger partial charge is 0.293 e. The lowest BCUT2D eigenvalue weighted by atomic mass is 10.0. The molecule has 0 aromatic heterocycles. The molecule has 1 saturated carbocycles. The zero-order chi connectivity index (χ0) is 15.5. The minimum absolute atomic E-state index is 0.0835. The minimum atomic E-state index is -0.484. The predicted octanol–water partition coefficient (Wildman–Crippen LogP) is 2.95. The number of nitrogens with zero attached hydrogens (tertiary/aromatic N) is 1. The van der Waals surface area contributed by atoms with Crippen LogP contribution in [0.4, 0.5) is 11.4 Å². The van der Waals surface area contributed by atoms with Gasteiger partial charge in [0, 0.05) is 19.7 Å². The maximum Gasteiger partial charge on any atom is 0.293 e. The van der Waals surface area contributed by atoms with E-state index < -0.39 is 4.92 Å². The number of benzene rings is 1. The molecule has 0 spiro atoms. The largest absolute Gasteiger partial charge is 0.382 e. The first kappa shape index (κ1) is 15.3. The molecule has 1 aliphatic rings. The Morgan fingerprint density at radius 2 is 2.14 bits per heavy atom. The van der Waals surface area contributed by atoms with Crippen LogP contribution in [0.1, 0.15) is 43.0 Å². The number of anilines is 1. The molecule has 114 valence electrons. The molecule has 0 radical (unpaired) electrons. The number of carbonyl (C=O) groups is 1. The van der Waals surface area contributed by atoms with Crippen LogP contribution in [0, 0.1) is 15.5 Å². The van der Waals surface area contributed by atoms with E-state index >= 15 is 0 Å². The summed E-state index contributed by atoms with van der Waals surface area (Å²) in [6.07, 6.45) is 4.51. The van der Waals surface area contributed by atoms with Gasteiger partial charge in [0.05, 0.1) is 10.5 Å². The molecule has 6 nitrogen and oxygen atoms in total. The molecule has 1 aromatic carbocycles. The summed E-state index contributed by atoms with van der Waals surface area (Å²) in [7, 11) is 1.58. The van der Waals surface area contributed by atoms with E-state index in [2.05, 4.69) is 17.6 Å². The molecule has 2 N–H and O–H groups in total. The van der Waals surface area contributed by atoms with E-state index in [4.69, 9.17) is 0 Å². The van der Waals surface area contributed by atoms with Crippen molar-refractivity contribution in [2.45, 2.75) is 32.6 Å². The first-order valence-electron chi connectivity index (χ1n) is 7.26. The van der Waals surface area contributed by atoms with E-state index in [0.29, 0.717) is 12.1 Å². The summed E-state index contributed by atoms with van der Waals surface area (Å²) in [5, 5.41) is 16.7. The zero-order valence-electron chi connectivity index (χ0n) is 12.4. The molecule has 1 aromatic rings. The lowest BCUT2D eigenvalue weighted by Gasteiger charge is -2.16. The maximum atomic E-state index is 12.3. The fourth-order valence-electron chi connectivity index (χ4n) is 2.73. The number of carbonyl (C=O) groups excluding carboxylic acids is 1. The SMILES string of the molecule is CCCC1(CNC(=O)c2cccc([N+](=O)[O-])c2NC)CC1. The molecule has 1 amide bonds. The highest BCUT2D eigenvalue weighted by molar-refractivity contribution is 6.01. The Morgan fingerprint density at radius 1 is 1.43 bits per heavy atom. The second-order valence-corrected chi connectivity index (χ2v) is 5.64. The third-order valence-corrected chi connectivity index (χ3v) is 4.10. The van der Waals surface area contributed by atoms with Gasteiger partial charge in [-0.1, -0.05) is 19.4 Å². The second-order valence-electron chi connectivity index (χ2n) is 5.64. The highest BCUT2D eigenvalue weighted by Crippen LogP contribution is 2.49. The van der Waals surface area contributed by atoms with Crippen LogP contribution >= 0.6 is 0 Å². The van der Waals surface area contributed by atoms with E-state index in [1.807, 2.05) is 0 Å². The number of para-hydroxylation sites is 1. The van der Waals surface area contributed by atoms with Crippen molar-refractivity contribution in [1.82, 2.24) is 5.32 Å². The van der Waals surface area contributed by atoms with E-state index in [1.54, 1.807) is 13.1 Å². The van der Waals surface area contributed by atoms with E-state index in [-0.39, 0.29) is 22.7 Å². The molecule has 1 aliphatic carbocycles. The molecule has 2 rings (SSSR count). The molecule has 1 fully saturated rings. The second kappa shape index (κ2) is 6.11. The summed E-state index contributed by atoms with van der Waals surface area (Å²) >= 11 is 0. The summed E-state index contributed by atoms with van der Waals surface area (Å²) in [5.41, 5.74) is 0.754. The fraction of sp³-hybridized carbons (Fsp3) is 0.533. The highest BCUT2D eigenvalue weighted by Gasteiger charge is 2.41. The average Bonchev–Trinajstić information content (AvgIpc) is 3.24. The molecule has 0 aliphatic heterocycles. The topological polar surface area (TPSA) is 84.3 Å². The van der Waals surface area contributed by atoms with Crippen molar-refractivity contribution in [3.05, 3.63) is 33.9 Å². The van der Waals surface area contributed by atoms with Gasteiger partial charge in [0.2, 0.25) is 0 Å². The third-order valence-electron chi connectivity index (χ3n) is 4.10. The van der Waals surface area contributed by atoms with E-state index in [9.17, 15) is 14.9 Å². The number of hydrogen-bond donors (Lipinski definition) is 2. The van der Waals surface area contributed by atoms with Gasteiger partial charge in [0.15, 0.2) is 0 Å². The van der Waals surface area contributed by atoms with Gasteiger partial charge < -0.3 is 10.6 Å². The number of rotatable bonds is 7. The van der Waals surface area contributed by atoms with Crippen molar-refractivity contribution in [1.29, 1.82) is 0 Å². The lowest BCUT2D eigenvalue weighted by Crippen LogP contribution is -2.30. The van der Waals surface area contributed by atoms with Gasteiger partial charge in [-0.25, -0.2) is 0 Å². The van der Waals surface area contributed by atoms with Gasteiger partial charge >= 0.3 is 0 Å². The Labute approximate surface area is 124 Å². The summed E-state index contributed by atoms with van der Waals surface area (Å²) in [6.45, 7) is 2.78. The number of nitrogens with one attached hydrogen (secondary N) is 2. The van der Waals surface area contributed by atoms with Gasteiger partial charge in [-0.15, -0.1) is 0 Å². The van der Waals surface area contributed by atoms with Crippen LogP contribution in [0.5, 0.6) is 0 Å².